The lowest BCUT2D eigenvalue weighted by Crippen LogP contribution is -2.24. The van der Waals surface area contributed by atoms with Crippen molar-refractivity contribution >= 4 is 17.3 Å². The molecule has 88 valence electrons. The summed E-state index contributed by atoms with van der Waals surface area (Å²) in [5.41, 5.74) is 0.999. The molecule has 1 aromatic carbocycles. The summed E-state index contributed by atoms with van der Waals surface area (Å²) < 4.78 is 0. The van der Waals surface area contributed by atoms with E-state index in [1.54, 1.807) is 24.3 Å². The normalized spacial score (nSPS) is 15.5. The Bertz CT molecular complexity index is 524. The Labute approximate surface area is 99.8 Å². The number of hydrogen-bond donors (Lipinski definition) is 1. The van der Waals surface area contributed by atoms with Crippen LogP contribution < -0.4 is 0 Å². The molecule has 0 heterocycles. The Hall–Kier alpha value is -1.90. The van der Waals surface area contributed by atoms with Gasteiger partial charge in [-0.1, -0.05) is 38.1 Å². The molecule has 0 atom stereocenters. The molecule has 1 N–H and O–H groups in total. The number of hydrogen-bond acceptors (Lipinski definition) is 3. The molecule has 17 heavy (non-hydrogen) atoms. The molecule has 0 radical (unpaired) electrons. The van der Waals surface area contributed by atoms with Crippen LogP contribution in [0.4, 0.5) is 0 Å². The van der Waals surface area contributed by atoms with Crippen LogP contribution in [-0.2, 0) is 4.79 Å². The third-order valence-electron chi connectivity index (χ3n) is 2.81. The van der Waals surface area contributed by atoms with Crippen molar-refractivity contribution in [3.8, 4) is 0 Å². The minimum Gasteiger partial charge on any atom is -0.507 e. The third-order valence-corrected chi connectivity index (χ3v) is 2.81. The van der Waals surface area contributed by atoms with Crippen molar-refractivity contribution in [2.24, 2.45) is 5.92 Å². The first-order chi connectivity index (χ1) is 8.02. The van der Waals surface area contributed by atoms with Gasteiger partial charge >= 0.3 is 0 Å². The van der Waals surface area contributed by atoms with Gasteiger partial charge in [0.25, 0.3) is 0 Å². The highest BCUT2D eigenvalue weighted by molar-refractivity contribution is 6.52. The van der Waals surface area contributed by atoms with Crippen LogP contribution in [-0.4, -0.2) is 16.7 Å². The molecule has 0 bridgehead atoms. The number of carbonyl (C=O) groups excluding carboxylic acids is 2. The molecule has 1 aliphatic rings. The van der Waals surface area contributed by atoms with Crippen LogP contribution in [0.25, 0.3) is 5.76 Å². The third kappa shape index (κ3) is 1.88. The number of rotatable bonds is 2. The Morgan fingerprint density at radius 3 is 2.24 bits per heavy atom. The van der Waals surface area contributed by atoms with E-state index in [2.05, 4.69) is 0 Å². The fourth-order valence-electron chi connectivity index (χ4n) is 2.01. The molecule has 0 amide bonds. The minimum atomic E-state index is -0.574. The first-order valence-electron chi connectivity index (χ1n) is 5.63. The average molecular weight is 230 g/mol. The number of benzene rings is 1. The van der Waals surface area contributed by atoms with Crippen LogP contribution in [0.3, 0.4) is 0 Å². The summed E-state index contributed by atoms with van der Waals surface area (Å²) in [5, 5.41) is 10.1. The summed E-state index contributed by atoms with van der Waals surface area (Å²) in [6, 6.07) is 6.66. The van der Waals surface area contributed by atoms with E-state index in [1.165, 1.54) is 0 Å². The molecular weight excluding hydrogens is 216 g/mol. The molecule has 0 aromatic heterocycles. The van der Waals surface area contributed by atoms with Gasteiger partial charge in [-0.3, -0.25) is 9.59 Å². The van der Waals surface area contributed by atoms with Crippen molar-refractivity contribution < 1.29 is 14.7 Å². The van der Waals surface area contributed by atoms with Crippen LogP contribution in [0.15, 0.2) is 29.8 Å². The predicted octanol–water partition coefficient (Wildman–Crippen LogP) is 2.77. The van der Waals surface area contributed by atoms with Gasteiger partial charge in [-0.05, 0) is 12.3 Å². The van der Waals surface area contributed by atoms with Crippen molar-refractivity contribution in [3.63, 3.8) is 0 Å². The zero-order valence-corrected chi connectivity index (χ0v) is 9.86. The van der Waals surface area contributed by atoms with E-state index < -0.39 is 11.6 Å². The van der Waals surface area contributed by atoms with E-state index in [0.29, 0.717) is 17.5 Å². The maximum absolute atomic E-state index is 11.9. The minimum absolute atomic E-state index is 0.0427. The van der Waals surface area contributed by atoms with Gasteiger partial charge in [0.1, 0.15) is 5.76 Å². The molecule has 0 saturated carbocycles. The van der Waals surface area contributed by atoms with Crippen LogP contribution in [0.2, 0.25) is 0 Å². The fourth-order valence-corrected chi connectivity index (χ4v) is 2.01. The smallest absolute Gasteiger partial charge is 0.234 e. The van der Waals surface area contributed by atoms with Crippen LogP contribution in [0.5, 0.6) is 0 Å². The highest BCUT2D eigenvalue weighted by atomic mass is 16.3. The summed E-state index contributed by atoms with van der Waals surface area (Å²) in [4.78, 5) is 23.7. The van der Waals surface area contributed by atoms with E-state index >= 15 is 0 Å². The number of allylic oxidation sites excluding steroid dienone is 1. The lowest BCUT2D eigenvalue weighted by Gasteiger charge is -2.18. The first kappa shape index (κ1) is 11.6. The van der Waals surface area contributed by atoms with Gasteiger partial charge in [0, 0.05) is 16.7 Å². The molecule has 1 aromatic rings. The highest BCUT2D eigenvalue weighted by Crippen LogP contribution is 2.30. The number of aliphatic hydroxyl groups is 1. The van der Waals surface area contributed by atoms with E-state index in [-0.39, 0.29) is 17.3 Å². The Balaban J connectivity index is 2.60. The van der Waals surface area contributed by atoms with E-state index in [1.807, 2.05) is 13.8 Å². The maximum Gasteiger partial charge on any atom is 0.234 e. The average Bonchev–Trinajstić information content (AvgIpc) is 2.31. The van der Waals surface area contributed by atoms with E-state index in [4.69, 9.17) is 0 Å². The Morgan fingerprint density at radius 1 is 1.06 bits per heavy atom. The number of carbonyl (C=O) groups is 2. The standard InChI is InChI=1S/C14H14O3/c1-8(2)7-11-12(15)9-5-3-4-6-10(9)13(16)14(11)17/h3-6,8,15H,7H2,1-2H3. The number of Topliss-reactive ketones (excluding diaryl/α,β-unsaturated/α-hetero) is 2. The van der Waals surface area contributed by atoms with Crippen molar-refractivity contribution in [3.05, 3.63) is 41.0 Å². The van der Waals surface area contributed by atoms with Crippen molar-refractivity contribution in [1.29, 1.82) is 0 Å². The molecule has 0 fully saturated rings. The lowest BCUT2D eigenvalue weighted by atomic mass is 9.85. The molecule has 2 rings (SSSR count). The van der Waals surface area contributed by atoms with Gasteiger partial charge in [0.2, 0.25) is 11.6 Å². The Morgan fingerprint density at radius 2 is 1.65 bits per heavy atom. The molecule has 0 spiro atoms. The SMILES string of the molecule is CC(C)CC1=C(O)c2ccccc2C(=O)C1=O. The maximum atomic E-state index is 11.9. The number of aliphatic hydroxyl groups excluding tert-OH is 1. The lowest BCUT2D eigenvalue weighted by molar-refractivity contribution is -0.112. The van der Waals surface area contributed by atoms with Gasteiger partial charge < -0.3 is 5.11 Å². The summed E-state index contributed by atoms with van der Waals surface area (Å²) in [7, 11) is 0. The summed E-state index contributed by atoms with van der Waals surface area (Å²) >= 11 is 0. The molecule has 0 saturated heterocycles. The first-order valence-corrected chi connectivity index (χ1v) is 5.63. The topological polar surface area (TPSA) is 54.4 Å². The van der Waals surface area contributed by atoms with Crippen molar-refractivity contribution in [2.75, 3.05) is 0 Å². The van der Waals surface area contributed by atoms with Gasteiger partial charge in [-0.25, -0.2) is 0 Å². The second-order valence-electron chi connectivity index (χ2n) is 4.63. The van der Waals surface area contributed by atoms with Gasteiger partial charge in [-0.2, -0.15) is 0 Å². The van der Waals surface area contributed by atoms with Crippen molar-refractivity contribution in [1.82, 2.24) is 0 Å². The van der Waals surface area contributed by atoms with Crippen LogP contribution >= 0.6 is 0 Å². The Kier molecular flexibility index (Phi) is 2.84. The monoisotopic (exact) mass is 230 g/mol. The summed E-state index contributed by atoms with van der Waals surface area (Å²) in [6.45, 7) is 3.89. The fraction of sp³-hybridized carbons (Fsp3) is 0.286. The molecule has 3 heteroatoms. The number of fused-ring (bicyclic) bond motifs is 1. The largest absolute Gasteiger partial charge is 0.507 e. The van der Waals surface area contributed by atoms with Crippen molar-refractivity contribution in [2.45, 2.75) is 20.3 Å². The van der Waals surface area contributed by atoms with Gasteiger partial charge in [-0.15, -0.1) is 0 Å². The number of ketones is 2. The van der Waals surface area contributed by atoms with Gasteiger partial charge in [0.15, 0.2) is 0 Å². The predicted molar refractivity (Wildman–Crippen MR) is 64.8 cm³/mol. The quantitative estimate of drug-likeness (QED) is 0.795. The van der Waals surface area contributed by atoms with Gasteiger partial charge in [0.05, 0.1) is 0 Å². The summed E-state index contributed by atoms with van der Waals surface area (Å²) in [6.07, 6.45) is 0.421. The summed E-state index contributed by atoms with van der Waals surface area (Å²) in [5.74, 6) is -0.919. The zero-order chi connectivity index (χ0) is 12.6. The molecule has 0 unspecified atom stereocenters. The van der Waals surface area contributed by atoms with Crippen LogP contribution in [0, 0.1) is 5.92 Å². The zero-order valence-electron chi connectivity index (χ0n) is 9.86. The molecular formula is C14H14O3. The van der Waals surface area contributed by atoms with Crippen LogP contribution in [0.1, 0.15) is 36.2 Å². The molecule has 1 aliphatic carbocycles. The van der Waals surface area contributed by atoms with E-state index in [9.17, 15) is 14.7 Å². The molecule has 3 nitrogen and oxygen atoms in total. The van der Waals surface area contributed by atoms with E-state index in [0.717, 1.165) is 0 Å². The molecule has 0 aliphatic heterocycles. The second-order valence-corrected chi connectivity index (χ2v) is 4.63. The second kappa shape index (κ2) is 4.17. The highest BCUT2D eigenvalue weighted by Gasteiger charge is 2.32.